The van der Waals surface area contributed by atoms with Gasteiger partial charge in [0.25, 0.3) is 0 Å². The number of rotatable bonds is 9. The summed E-state index contributed by atoms with van der Waals surface area (Å²) in [6.07, 6.45) is 4.22. The number of piperidine rings is 3. The molecule has 3 aliphatic rings. The number of hydrogen-bond donors (Lipinski definition) is 1. The molecule has 3 saturated heterocycles. The second-order valence-electron chi connectivity index (χ2n) is 7.86. The lowest BCUT2D eigenvalue weighted by Gasteiger charge is -2.49. The lowest BCUT2D eigenvalue weighted by molar-refractivity contribution is -0.133. The molecule has 1 amide bonds. The van der Waals surface area contributed by atoms with Crippen LogP contribution in [0.5, 0.6) is 0 Å². The van der Waals surface area contributed by atoms with Crippen LogP contribution in [0.2, 0.25) is 0 Å². The van der Waals surface area contributed by atoms with Crippen LogP contribution in [0.3, 0.4) is 0 Å². The fourth-order valence-electron chi connectivity index (χ4n) is 4.42. The summed E-state index contributed by atoms with van der Waals surface area (Å²) in [6, 6.07) is 10.8. The molecule has 2 aromatic rings. The maximum atomic E-state index is 12.5. The fraction of sp³-hybridized carbons (Fsp3) is 0.571. The second kappa shape index (κ2) is 9.73. The number of amides is 1. The Bertz CT molecular complexity index is 799. The van der Waals surface area contributed by atoms with Gasteiger partial charge in [0.05, 0.1) is 24.8 Å². The molecule has 1 N–H and O–H groups in total. The summed E-state index contributed by atoms with van der Waals surface area (Å²) >= 11 is 1.78. The number of carbonyl (C=O) groups excluding carboxylic acids is 1. The molecule has 4 heterocycles. The Morgan fingerprint density at radius 1 is 1.34 bits per heavy atom. The van der Waals surface area contributed by atoms with Crippen molar-refractivity contribution in [3.63, 3.8) is 0 Å². The number of benzene rings is 1. The molecule has 2 bridgehead atoms. The van der Waals surface area contributed by atoms with E-state index in [4.69, 9.17) is 4.74 Å². The summed E-state index contributed by atoms with van der Waals surface area (Å²) in [7, 11) is 1.65. The van der Waals surface area contributed by atoms with Crippen LogP contribution in [-0.4, -0.2) is 65.2 Å². The largest absolute Gasteiger partial charge is 0.383 e. The molecule has 3 fully saturated rings. The van der Waals surface area contributed by atoms with Crippen molar-refractivity contribution >= 4 is 17.7 Å². The van der Waals surface area contributed by atoms with E-state index in [2.05, 4.69) is 51.0 Å². The summed E-state index contributed by atoms with van der Waals surface area (Å²) < 4.78 is 7.00. The van der Waals surface area contributed by atoms with Crippen molar-refractivity contribution in [2.45, 2.75) is 36.1 Å². The molecular weight excluding hydrogens is 386 g/mol. The average Bonchev–Trinajstić information content (AvgIpc) is 3.21. The molecular formula is C21H29N5O2S. The molecule has 1 aromatic carbocycles. The summed E-state index contributed by atoms with van der Waals surface area (Å²) in [4.78, 5) is 16.2. The minimum absolute atomic E-state index is 0.102. The smallest absolute Gasteiger partial charge is 0.224 e. The van der Waals surface area contributed by atoms with Crippen molar-refractivity contribution in [3.05, 3.63) is 42.2 Å². The van der Waals surface area contributed by atoms with Crippen LogP contribution in [-0.2, 0) is 21.8 Å². The van der Waals surface area contributed by atoms with Crippen molar-refractivity contribution in [3.8, 4) is 0 Å². The molecule has 0 radical (unpaired) electrons. The highest BCUT2D eigenvalue weighted by molar-refractivity contribution is 7.98. The number of carbonyl (C=O) groups is 1. The number of nitrogens with one attached hydrogen (secondary N) is 1. The third-order valence-corrected chi connectivity index (χ3v) is 6.98. The van der Waals surface area contributed by atoms with Crippen LogP contribution in [0.4, 0.5) is 0 Å². The number of ether oxygens (including phenoxy) is 1. The van der Waals surface area contributed by atoms with E-state index in [9.17, 15) is 4.79 Å². The van der Waals surface area contributed by atoms with Crippen molar-refractivity contribution < 1.29 is 9.53 Å². The molecule has 0 saturated carbocycles. The van der Waals surface area contributed by atoms with Crippen LogP contribution >= 0.6 is 11.8 Å². The maximum absolute atomic E-state index is 12.5. The monoisotopic (exact) mass is 415 g/mol. The molecule has 156 valence electrons. The normalized spacial score (nSPS) is 25.8. The summed E-state index contributed by atoms with van der Waals surface area (Å²) in [5, 5.41) is 11.7. The topological polar surface area (TPSA) is 72.3 Å². The molecule has 4 atom stereocenters. The van der Waals surface area contributed by atoms with E-state index in [-0.39, 0.29) is 11.8 Å². The van der Waals surface area contributed by atoms with Gasteiger partial charge in [-0.1, -0.05) is 23.4 Å². The van der Waals surface area contributed by atoms with Gasteiger partial charge in [0.2, 0.25) is 5.91 Å². The standard InChI is InChI=1S/C21H29N5O2S/c1-28-10-8-22-21(27)20-14-25-9-7-16(20)11-18(25)13-26-12-17(23-24-26)15-29-19-5-3-2-4-6-19/h2-6,12,16,18,20H,7-11,13-15H2,1H3,(H,22,27)/t16-,18-,20-/m1/s1. The Balaban J connectivity index is 1.28. The van der Waals surface area contributed by atoms with Gasteiger partial charge in [-0.25, -0.2) is 0 Å². The van der Waals surface area contributed by atoms with E-state index in [1.54, 1.807) is 18.9 Å². The fourth-order valence-corrected chi connectivity index (χ4v) is 5.21. The van der Waals surface area contributed by atoms with E-state index < -0.39 is 0 Å². The molecule has 1 unspecified atom stereocenters. The first-order valence-corrected chi connectivity index (χ1v) is 11.3. The number of nitrogens with zero attached hydrogens (tertiary/aromatic N) is 4. The number of fused-ring (bicyclic) bond motifs is 3. The molecule has 7 nitrogen and oxygen atoms in total. The minimum atomic E-state index is 0.102. The molecule has 1 aromatic heterocycles. The van der Waals surface area contributed by atoms with Gasteiger partial charge < -0.3 is 10.1 Å². The Kier molecular flexibility index (Phi) is 6.84. The van der Waals surface area contributed by atoms with Crippen LogP contribution in [0.15, 0.2) is 41.4 Å². The number of methoxy groups -OCH3 is 1. The summed E-state index contributed by atoms with van der Waals surface area (Å²) in [5.74, 6) is 1.57. The molecule has 29 heavy (non-hydrogen) atoms. The number of aromatic nitrogens is 3. The molecule has 0 aliphatic carbocycles. The predicted octanol–water partition coefficient (Wildman–Crippen LogP) is 2.04. The highest BCUT2D eigenvalue weighted by Crippen LogP contribution is 2.37. The van der Waals surface area contributed by atoms with Gasteiger partial charge in [-0.2, -0.15) is 0 Å². The van der Waals surface area contributed by atoms with Gasteiger partial charge in [0, 0.05) is 43.1 Å². The van der Waals surface area contributed by atoms with Crippen molar-refractivity contribution in [2.24, 2.45) is 11.8 Å². The van der Waals surface area contributed by atoms with Gasteiger partial charge in [-0.3, -0.25) is 14.4 Å². The minimum Gasteiger partial charge on any atom is -0.383 e. The van der Waals surface area contributed by atoms with E-state index in [1.165, 1.54) is 4.90 Å². The zero-order valence-corrected chi connectivity index (χ0v) is 17.7. The lowest BCUT2D eigenvalue weighted by Crippen LogP contribution is -2.58. The third-order valence-electron chi connectivity index (χ3n) is 5.93. The third kappa shape index (κ3) is 5.18. The van der Waals surface area contributed by atoms with Crippen molar-refractivity contribution in [1.82, 2.24) is 25.2 Å². The quantitative estimate of drug-likeness (QED) is 0.499. The van der Waals surface area contributed by atoms with Gasteiger partial charge in [0.15, 0.2) is 0 Å². The van der Waals surface area contributed by atoms with Gasteiger partial charge in [-0.15, -0.1) is 16.9 Å². The average molecular weight is 416 g/mol. The molecule has 0 spiro atoms. The predicted molar refractivity (Wildman–Crippen MR) is 112 cm³/mol. The Morgan fingerprint density at radius 3 is 2.97 bits per heavy atom. The Labute approximate surface area is 176 Å². The number of thioether (sulfide) groups is 1. The van der Waals surface area contributed by atoms with E-state index in [0.717, 1.165) is 43.9 Å². The first-order chi connectivity index (χ1) is 14.2. The van der Waals surface area contributed by atoms with Crippen LogP contribution < -0.4 is 5.32 Å². The van der Waals surface area contributed by atoms with Crippen molar-refractivity contribution in [2.75, 3.05) is 33.4 Å². The molecule has 8 heteroatoms. The van der Waals surface area contributed by atoms with E-state index in [1.807, 2.05) is 10.7 Å². The van der Waals surface area contributed by atoms with Crippen LogP contribution in [0.1, 0.15) is 18.5 Å². The highest BCUT2D eigenvalue weighted by atomic mass is 32.2. The number of hydrogen-bond acceptors (Lipinski definition) is 6. The van der Waals surface area contributed by atoms with E-state index in [0.29, 0.717) is 25.1 Å². The summed E-state index contributed by atoms with van der Waals surface area (Å²) in [5.41, 5.74) is 1.00. The Hall–Kier alpha value is -1.90. The van der Waals surface area contributed by atoms with Gasteiger partial charge >= 0.3 is 0 Å². The van der Waals surface area contributed by atoms with Gasteiger partial charge in [0.1, 0.15) is 0 Å². The SMILES string of the molecule is COCCNC(=O)[C@@H]1CN2CC[C@@H]1C[C@@H]2Cn1cc(CSc2ccccc2)nn1. The first-order valence-electron chi connectivity index (χ1n) is 10.3. The van der Waals surface area contributed by atoms with Crippen molar-refractivity contribution in [1.29, 1.82) is 0 Å². The van der Waals surface area contributed by atoms with Gasteiger partial charge in [-0.05, 0) is 37.4 Å². The zero-order valence-electron chi connectivity index (χ0n) is 16.9. The van der Waals surface area contributed by atoms with Crippen LogP contribution in [0.25, 0.3) is 0 Å². The Morgan fingerprint density at radius 2 is 2.21 bits per heavy atom. The van der Waals surface area contributed by atoms with Crippen LogP contribution in [0, 0.1) is 11.8 Å². The zero-order chi connectivity index (χ0) is 20.1. The first kappa shape index (κ1) is 20.4. The molecule has 3 aliphatic heterocycles. The summed E-state index contributed by atoms with van der Waals surface area (Å²) in [6.45, 7) is 3.91. The lowest BCUT2D eigenvalue weighted by atomic mass is 9.75. The molecule has 5 rings (SSSR count). The maximum Gasteiger partial charge on any atom is 0.224 e. The second-order valence-corrected chi connectivity index (χ2v) is 8.91. The van der Waals surface area contributed by atoms with E-state index >= 15 is 0 Å². The highest BCUT2D eigenvalue weighted by Gasteiger charge is 2.43.